The topological polar surface area (TPSA) is 124 Å². The Morgan fingerprint density at radius 2 is 2.10 bits per heavy atom. The normalized spacial score (nSPS) is 22.0. The molecule has 0 aliphatic carbocycles. The highest BCUT2D eigenvalue weighted by atomic mass is 35.5. The molecule has 1 unspecified atom stereocenters. The summed E-state index contributed by atoms with van der Waals surface area (Å²) in [5, 5.41) is 27.9. The van der Waals surface area contributed by atoms with Crippen molar-refractivity contribution in [3.8, 4) is 6.07 Å². The second kappa shape index (κ2) is 8.07. The van der Waals surface area contributed by atoms with E-state index < -0.39 is 22.2 Å². The number of aromatic nitrogens is 3. The number of nitrogens with zero attached hydrogens (tertiary/aromatic N) is 5. The number of hydrogen-bond acceptors (Lipinski definition) is 7. The van der Waals surface area contributed by atoms with Gasteiger partial charge in [0, 0.05) is 19.0 Å². The number of rotatable bonds is 5. The van der Waals surface area contributed by atoms with Gasteiger partial charge in [-0.3, -0.25) is 0 Å². The molecule has 0 bridgehead atoms. The van der Waals surface area contributed by atoms with Gasteiger partial charge in [0.25, 0.3) is 0 Å². The summed E-state index contributed by atoms with van der Waals surface area (Å²) in [4.78, 5) is 4.28. The van der Waals surface area contributed by atoms with Crippen molar-refractivity contribution < 1.29 is 13.5 Å². The van der Waals surface area contributed by atoms with Crippen LogP contribution in [0.1, 0.15) is 44.4 Å². The predicted molar refractivity (Wildman–Crippen MR) is 110 cm³/mol. The first-order valence-corrected chi connectivity index (χ1v) is 11.6. The van der Waals surface area contributed by atoms with E-state index in [1.807, 2.05) is 6.92 Å². The number of β-amino-alcohol motifs (C(OH)–C–C–N with tert-alkyl or cyclic N) is 1. The molecule has 9 nitrogen and oxygen atoms in total. The highest BCUT2D eigenvalue weighted by Gasteiger charge is 2.32. The molecule has 3 rings (SSSR count). The molecule has 2 aromatic heterocycles. The first-order valence-electron chi connectivity index (χ1n) is 9.41. The minimum Gasteiger partial charge on any atom is -0.390 e. The third kappa shape index (κ3) is 4.19. The summed E-state index contributed by atoms with van der Waals surface area (Å²) in [5.41, 5.74) is 1.66. The minimum absolute atomic E-state index is 0.0162. The summed E-state index contributed by atoms with van der Waals surface area (Å²) in [6.45, 7) is 6.46. The molecular weight excluding hydrogens is 416 g/mol. The van der Waals surface area contributed by atoms with Crippen LogP contribution in [0.25, 0.3) is 5.52 Å². The zero-order valence-corrected chi connectivity index (χ0v) is 18.4. The second-order valence-electron chi connectivity index (χ2n) is 7.83. The molecular formula is C18H25ClN6O3S. The fourth-order valence-electron chi connectivity index (χ4n) is 3.48. The maximum absolute atomic E-state index is 11.7. The van der Waals surface area contributed by atoms with Crippen LogP contribution in [0, 0.1) is 17.2 Å². The molecule has 1 fully saturated rings. The number of anilines is 1. The van der Waals surface area contributed by atoms with E-state index in [1.165, 1.54) is 4.31 Å². The van der Waals surface area contributed by atoms with Crippen molar-refractivity contribution in [1.29, 1.82) is 5.26 Å². The summed E-state index contributed by atoms with van der Waals surface area (Å²) in [6, 6.07) is 1.78. The van der Waals surface area contributed by atoms with Gasteiger partial charge in [-0.25, -0.2) is 17.9 Å². The standard InChI is InChI=1S/C18H25ClN6O3S/c1-10(2)11(3)17-12(7-20)16(19)14-8-21-18(23-25(14)17)22-13-5-6-24(9-15(13)26)29(4,27)28/h8,10-11,13,15,26H,5-6,9H2,1-4H3,(H,22,23)/t11?,13-,15-/m0/s1. The van der Waals surface area contributed by atoms with E-state index in [2.05, 4.69) is 35.3 Å². The molecule has 29 heavy (non-hydrogen) atoms. The first kappa shape index (κ1) is 21.8. The zero-order chi connectivity index (χ0) is 21.5. The number of piperidine rings is 1. The lowest BCUT2D eigenvalue weighted by atomic mass is 9.93. The molecule has 158 valence electrons. The molecule has 1 aliphatic heterocycles. The van der Waals surface area contributed by atoms with Gasteiger partial charge < -0.3 is 10.4 Å². The highest BCUT2D eigenvalue weighted by Crippen LogP contribution is 2.35. The van der Waals surface area contributed by atoms with Gasteiger partial charge in [-0.05, 0) is 12.3 Å². The van der Waals surface area contributed by atoms with Crippen molar-refractivity contribution >= 4 is 33.1 Å². The fourth-order valence-corrected chi connectivity index (χ4v) is 4.61. The monoisotopic (exact) mass is 440 g/mol. The molecule has 2 aromatic rings. The second-order valence-corrected chi connectivity index (χ2v) is 10.2. The maximum Gasteiger partial charge on any atom is 0.241 e. The Balaban J connectivity index is 1.92. The third-order valence-electron chi connectivity index (χ3n) is 5.53. The van der Waals surface area contributed by atoms with Gasteiger partial charge in [0.2, 0.25) is 16.0 Å². The summed E-state index contributed by atoms with van der Waals surface area (Å²) >= 11 is 6.39. The minimum atomic E-state index is -3.35. The summed E-state index contributed by atoms with van der Waals surface area (Å²) in [6.07, 6.45) is 2.20. The number of fused-ring (bicyclic) bond motifs is 1. The number of nitrogens with one attached hydrogen (secondary N) is 1. The number of sulfonamides is 1. The number of hydrogen-bond donors (Lipinski definition) is 2. The average Bonchev–Trinajstić information content (AvgIpc) is 2.93. The number of aliphatic hydroxyl groups is 1. The van der Waals surface area contributed by atoms with Gasteiger partial charge in [0.1, 0.15) is 11.6 Å². The van der Waals surface area contributed by atoms with Crippen molar-refractivity contribution in [2.24, 2.45) is 5.92 Å². The van der Waals surface area contributed by atoms with E-state index in [1.54, 1.807) is 10.7 Å². The summed E-state index contributed by atoms with van der Waals surface area (Å²) in [7, 11) is -3.35. The van der Waals surface area contributed by atoms with E-state index in [9.17, 15) is 18.8 Å². The van der Waals surface area contributed by atoms with Crippen molar-refractivity contribution in [3.05, 3.63) is 22.5 Å². The fraction of sp³-hybridized carbons (Fsp3) is 0.611. The van der Waals surface area contributed by atoms with Crippen LogP contribution in [0.2, 0.25) is 5.02 Å². The Kier molecular flexibility index (Phi) is 6.06. The predicted octanol–water partition coefficient (Wildman–Crippen LogP) is 1.82. The van der Waals surface area contributed by atoms with Crippen molar-refractivity contribution in [1.82, 2.24) is 18.9 Å². The average molecular weight is 441 g/mol. The lowest BCUT2D eigenvalue weighted by molar-refractivity contribution is 0.0950. The van der Waals surface area contributed by atoms with Crippen LogP contribution < -0.4 is 5.32 Å². The Morgan fingerprint density at radius 1 is 1.41 bits per heavy atom. The summed E-state index contributed by atoms with van der Waals surface area (Å²) in [5.74, 6) is 0.587. The molecule has 3 heterocycles. The number of halogens is 1. The molecule has 2 N–H and O–H groups in total. The Hall–Kier alpha value is -1.93. The molecule has 0 spiro atoms. The van der Waals surface area contributed by atoms with Gasteiger partial charge in [0.05, 0.1) is 40.9 Å². The molecule has 11 heteroatoms. The summed E-state index contributed by atoms with van der Waals surface area (Å²) < 4.78 is 26.3. The van der Waals surface area contributed by atoms with Crippen LogP contribution >= 0.6 is 11.6 Å². The van der Waals surface area contributed by atoms with Gasteiger partial charge in [0.15, 0.2) is 0 Å². The van der Waals surface area contributed by atoms with Crippen molar-refractivity contribution in [2.75, 3.05) is 24.7 Å². The molecule has 1 aliphatic rings. The zero-order valence-electron chi connectivity index (χ0n) is 16.8. The van der Waals surface area contributed by atoms with Gasteiger partial charge in [-0.2, -0.15) is 9.57 Å². The molecule has 0 aromatic carbocycles. The van der Waals surface area contributed by atoms with E-state index >= 15 is 0 Å². The highest BCUT2D eigenvalue weighted by molar-refractivity contribution is 7.88. The Bertz CT molecular complexity index is 1060. The van der Waals surface area contributed by atoms with Crippen LogP contribution in [0.15, 0.2) is 6.20 Å². The van der Waals surface area contributed by atoms with Crippen LogP contribution in [-0.4, -0.2) is 63.9 Å². The van der Waals surface area contributed by atoms with E-state index in [4.69, 9.17) is 11.6 Å². The number of aliphatic hydroxyl groups excluding tert-OH is 1. The van der Waals surface area contributed by atoms with Gasteiger partial charge >= 0.3 is 0 Å². The third-order valence-corrected chi connectivity index (χ3v) is 7.18. The van der Waals surface area contributed by atoms with Gasteiger partial charge in [-0.15, -0.1) is 5.10 Å². The maximum atomic E-state index is 11.7. The lowest BCUT2D eigenvalue weighted by Crippen LogP contribution is -2.51. The van der Waals surface area contributed by atoms with E-state index in [0.717, 1.165) is 11.9 Å². The van der Waals surface area contributed by atoms with Crippen LogP contribution in [0.3, 0.4) is 0 Å². The quantitative estimate of drug-likeness (QED) is 0.726. The van der Waals surface area contributed by atoms with Crippen LogP contribution in [0.5, 0.6) is 0 Å². The van der Waals surface area contributed by atoms with Crippen molar-refractivity contribution in [3.63, 3.8) is 0 Å². The van der Waals surface area contributed by atoms with E-state index in [-0.39, 0.29) is 24.3 Å². The largest absolute Gasteiger partial charge is 0.390 e. The van der Waals surface area contributed by atoms with Crippen molar-refractivity contribution in [2.45, 2.75) is 45.3 Å². The van der Waals surface area contributed by atoms with Gasteiger partial charge in [-0.1, -0.05) is 32.4 Å². The SMILES string of the molecule is CC(C)C(C)c1c(C#N)c(Cl)c2cnc(N[C@H]3CCN(S(C)(=O)=O)C[C@@H]3O)nn12. The Labute approximate surface area is 175 Å². The first-order chi connectivity index (χ1) is 13.5. The molecule has 0 amide bonds. The molecule has 0 radical (unpaired) electrons. The Morgan fingerprint density at radius 3 is 2.66 bits per heavy atom. The molecule has 3 atom stereocenters. The molecule has 0 saturated carbocycles. The van der Waals surface area contributed by atoms with Crippen LogP contribution in [0.4, 0.5) is 5.95 Å². The lowest BCUT2D eigenvalue weighted by Gasteiger charge is -2.34. The van der Waals surface area contributed by atoms with E-state index in [0.29, 0.717) is 29.1 Å². The van der Waals surface area contributed by atoms with Crippen LogP contribution in [-0.2, 0) is 10.0 Å². The smallest absolute Gasteiger partial charge is 0.241 e. The number of nitriles is 1. The molecule has 1 saturated heterocycles.